The maximum absolute atomic E-state index is 4.74. The van der Waals surface area contributed by atoms with Crippen molar-refractivity contribution in [1.82, 2.24) is 9.55 Å². The number of hydrogen-bond acceptors (Lipinski definition) is 1. The van der Waals surface area contributed by atoms with Crippen molar-refractivity contribution < 1.29 is 0 Å². The van der Waals surface area contributed by atoms with E-state index in [4.69, 9.17) is 4.98 Å². The van der Waals surface area contributed by atoms with Crippen LogP contribution in [0.25, 0.3) is 17.1 Å². The van der Waals surface area contributed by atoms with Crippen LogP contribution in [0.4, 0.5) is 0 Å². The van der Waals surface area contributed by atoms with Crippen LogP contribution in [0.1, 0.15) is 50.7 Å². The largest absolute Gasteiger partial charge is 0.298 e. The molecule has 0 bridgehead atoms. The summed E-state index contributed by atoms with van der Waals surface area (Å²) in [5.41, 5.74) is 5.09. The van der Waals surface area contributed by atoms with Gasteiger partial charge in [0.05, 0.1) is 5.69 Å². The lowest BCUT2D eigenvalue weighted by molar-refractivity contribution is 0.806. The summed E-state index contributed by atoms with van der Waals surface area (Å²) in [6.07, 6.45) is 2.08. The molecule has 3 aromatic rings. The minimum absolute atomic E-state index is 0.448. The Morgan fingerprint density at radius 3 is 1.96 bits per heavy atom. The molecule has 124 valence electrons. The minimum atomic E-state index is 0.448. The van der Waals surface area contributed by atoms with Gasteiger partial charge in [0.1, 0.15) is 10.4 Å². The van der Waals surface area contributed by atoms with E-state index in [1.54, 1.807) is 0 Å². The predicted octanol–water partition coefficient (Wildman–Crippen LogP) is 6.55. The Bertz CT molecular complexity index is 806. The van der Waals surface area contributed by atoms with Crippen LogP contribution in [0.15, 0.2) is 59.3 Å². The maximum atomic E-state index is 4.74. The third-order valence-corrected chi connectivity index (χ3v) is 4.67. The number of para-hydroxylation sites is 1. The SMILES string of the molecule is CC(C)c1cccc(C(C)C)c1-n1cc(Br)nc1-c1ccccc1. The Morgan fingerprint density at radius 2 is 1.42 bits per heavy atom. The van der Waals surface area contributed by atoms with E-state index in [1.807, 2.05) is 6.07 Å². The molecule has 2 aromatic carbocycles. The van der Waals surface area contributed by atoms with Crippen LogP contribution in [0.2, 0.25) is 0 Å². The predicted molar refractivity (Wildman–Crippen MR) is 105 cm³/mol. The second kappa shape index (κ2) is 6.94. The molecule has 0 unspecified atom stereocenters. The number of hydrogen-bond donors (Lipinski definition) is 0. The first-order valence-electron chi connectivity index (χ1n) is 8.42. The van der Waals surface area contributed by atoms with Crippen molar-refractivity contribution in [2.75, 3.05) is 0 Å². The Labute approximate surface area is 152 Å². The molecule has 24 heavy (non-hydrogen) atoms. The zero-order valence-corrected chi connectivity index (χ0v) is 16.2. The molecular weight excluding hydrogens is 360 g/mol. The summed E-state index contributed by atoms with van der Waals surface area (Å²) in [7, 11) is 0. The fraction of sp³-hybridized carbons (Fsp3) is 0.286. The summed E-state index contributed by atoms with van der Waals surface area (Å²) < 4.78 is 3.10. The third kappa shape index (κ3) is 3.18. The zero-order valence-electron chi connectivity index (χ0n) is 14.6. The molecule has 2 nitrogen and oxygen atoms in total. The number of benzene rings is 2. The summed E-state index contributed by atoms with van der Waals surface area (Å²) in [5.74, 6) is 1.87. The summed E-state index contributed by atoms with van der Waals surface area (Å²) >= 11 is 3.57. The molecule has 0 aliphatic carbocycles. The normalized spacial score (nSPS) is 11.5. The Kier molecular flexibility index (Phi) is 4.91. The molecule has 0 N–H and O–H groups in total. The maximum Gasteiger partial charge on any atom is 0.145 e. The van der Waals surface area contributed by atoms with Gasteiger partial charge in [-0.1, -0.05) is 76.2 Å². The molecule has 1 heterocycles. The smallest absolute Gasteiger partial charge is 0.145 e. The molecule has 0 spiro atoms. The molecule has 3 rings (SSSR count). The lowest BCUT2D eigenvalue weighted by atomic mass is 9.92. The van der Waals surface area contributed by atoms with E-state index in [-0.39, 0.29) is 0 Å². The van der Waals surface area contributed by atoms with E-state index in [9.17, 15) is 0 Å². The van der Waals surface area contributed by atoms with Crippen LogP contribution in [0, 0.1) is 0 Å². The molecule has 0 amide bonds. The fourth-order valence-corrected chi connectivity index (χ4v) is 3.48. The van der Waals surface area contributed by atoms with Gasteiger partial charge in [-0.05, 0) is 38.9 Å². The lowest BCUT2D eigenvalue weighted by Gasteiger charge is -2.21. The second-order valence-electron chi connectivity index (χ2n) is 6.72. The number of nitrogens with zero attached hydrogens (tertiary/aromatic N) is 2. The van der Waals surface area contributed by atoms with E-state index < -0.39 is 0 Å². The van der Waals surface area contributed by atoms with Crippen molar-refractivity contribution in [1.29, 1.82) is 0 Å². The van der Waals surface area contributed by atoms with Crippen molar-refractivity contribution in [3.05, 3.63) is 70.5 Å². The van der Waals surface area contributed by atoms with Crippen LogP contribution < -0.4 is 0 Å². The van der Waals surface area contributed by atoms with Gasteiger partial charge in [0.15, 0.2) is 0 Å². The molecule has 0 aliphatic rings. The van der Waals surface area contributed by atoms with Crippen molar-refractivity contribution in [3.63, 3.8) is 0 Å². The van der Waals surface area contributed by atoms with Gasteiger partial charge in [0.2, 0.25) is 0 Å². The topological polar surface area (TPSA) is 17.8 Å². The monoisotopic (exact) mass is 382 g/mol. The number of halogens is 1. The molecule has 0 fully saturated rings. The summed E-state index contributed by atoms with van der Waals surface area (Å²) in [6.45, 7) is 8.99. The van der Waals surface area contributed by atoms with Crippen molar-refractivity contribution in [2.24, 2.45) is 0 Å². The quantitative estimate of drug-likeness (QED) is 0.500. The highest BCUT2D eigenvalue weighted by molar-refractivity contribution is 9.10. The van der Waals surface area contributed by atoms with E-state index >= 15 is 0 Å². The lowest BCUT2D eigenvalue weighted by Crippen LogP contribution is -2.07. The van der Waals surface area contributed by atoms with Crippen molar-refractivity contribution in [3.8, 4) is 17.1 Å². The van der Waals surface area contributed by atoms with Crippen molar-refractivity contribution >= 4 is 15.9 Å². The number of imidazole rings is 1. The number of aromatic nitrogens is 2. The van der Waals surface area contributed by atoms with Gasteiger partial charge in [-0.3, -0.25) is 4.57 Å². The van der Waals surface area contributed by atoms with Gasteiger partial charge in [-0.2, -0.15) is 0 Å². The average molecular weight is 383 g/mol. The molecular formula is C21H23BrN2. The highest BCUT2D eigenvalue weighted by Gasteiger charge is 2.19. The standard InChI is InChI=1S/C21H23BrN2/c1-14(2)17-11-8-12-18(15(3)4)20(17)24-13-19(22)23-21(24)16-9-6-5-7-10-16/h5-15H,1-4H3. The van der Waals surface area contributed by atoms with Crippen LogP contribution in [-0.4, -0.2) is 9.55 Å². The summed E-state index contributed by atoms with van der Waals surface area (Å²) in [6, 6.07) is 17.0. The molecule has 3 heteroatoms. The van der Waals surface area contributed by atoms with E-state index in [0.717, 1.165) is 16.0 Å². The highest BCUT2D eigenvalue weighted by Crippen LogP contribution is 2.34. The van der Waals surface area contributed by atoms with E-state index in [0.29, 0.717) is 11.8 Å². The van der Waals surface area contributed by atoms with Crippen LogP contribution >= 0.6 is 15.9 Å². The highest BCUT2D eigenvalue weighted by atomic mass is 79.9. The minimum Gasteiger partial charge on any atom is -0.298 e. The van der Waals surface area contributed by atoms with E-state index in [1.165, 1.54) is 16.8 Å². The second-order valence-corrected chi connectivity index (χ2v) is 7.53. The zero-order chi connectivity index (χ0) is 17.3. The van der Waals surface area contributed by atoms with Gasteiger partial charge in [0.25, 0.3) is 0 Å². The van der Waals surface area contributed by atoms with Crippen LogP contribution in [0.3, 0.4) is 0 Å². The van der Waals surface area contributed by atoms with Gasteiger partial charge < -0.3 is 0 Å². The third-order valence-electron chi connectivity index (χ3n) is 4.29. The molecule has 0 saturated heterocycles. The Balaban J connectivity index is 2.31. The average Bonchev–Trinajstić information content (AvgIpc) is 2.96. The first-order valence-corrected chi connectivity index (χ1v) is 9.21. The summed E-state index contributed by atoms with van der Waals surface area (Å²) in [4.78, 5) is 4.74. The number of rotatable bonds is 4. The summed E-state index contributed by atoms with van der Waals surface area (Å²) in [5, 5.41) is 0. The van der Waals surface area contributed by atoms with Crippen molar-refractivity contribution in [2.45, 2.75) is 39.5 Å². The van der Waals surface area contributed by atoms with Gasteiger partial charge >= 0.3 is 0 Å². The molecule has 0 saturated carbocycles. The molecule has 0 radical (unpaired) electrons. The molecule has 1 aromatic heterocycles. The van der Waals surface area contributed by atoms with Crippen LogP contribution in [-0.2, 0) is 0 Å². The first kappa shape index (κ1) is 17.0. The van der Waals surface area contributed by atoms with Gasteiger partial charge in [-0.25, -0.2) is 4.98 Å². The first-order chi connectivity index (χ1) is 11.5. The Morgan fingerprint density at radius 1 is 0.833 bits per heavy atom. The van der Waals surface area contributed by atoms with Gasteiger partial charge in [-0.15, -0.1) is 0 Å². The fourth-order valence-electron chi connectivity index (χ4n) is 3.10. The Hall–Kier alpha value is -1.87. The van der Waals surface area contributed by atoms with Gasteiger partial charge in [0, 0.05) is 11.8 Å². The molecule has 0 aliphatic heterocycles. The molecule has 0 atom stereocenters. The van der Waals surface area contributed by atoms with E-state index in [2.05, 4.69) is 96.9 Å². The van der Waals surface area contributed by atoms with Crippen LogP contribution in [0.5, 0.6) is 0 Å².